The van der Waals surface area contributed by atoms with E-state index in [9.17, 15) is 0 Å². The summed E-state index contributed by atoms with van der Waals surface area (Å²) in [6, 6.07) is 31.3. The predicted octanol–water partition coefficient (Wildman–Crippen LogP) is 6.21. The lowest BCUT2D eigenvalue weighted by atomic mass is 9.92. The number of nitrogens with zero attached hydrogens (tertiary/aromatic N) is 4. The first kappa shape index (κ1) is 23.4. The van der Waals surface area contributed by atoms with Crippen LogP contribution in [0.15, 0.2) is 110 Å². The van der Waals surface area contributed by atoms with Gasteiger partial charge >= 0.3 is 0 Å². The van der Waals surface area contributed by atoms with Crippen molar-refractivity contribution in [1.29, 1.82) is 0 Å². The second-order valence-electron chi connectivity index (χ2n) is 9.97. The lowest BCUT2D eigenvalue weighted by Crippen LogP contribution is -2.40. The van der Waals surface area contributed by atoms with Gasteiger partial charge in [-0.1, -0.05) is 97.9 Å². The number of hydrogen-bond donors (Lipinski definition) is 0. The normalized spacial score (nSPS) is 19.6. The summed E-state index contributed by atoms with van der Waals surface area (Å²) in [7, 11) is 0. The number of benzene rings is 3. The van der Waals surface area contributed by atoms with Crippen LogP contribution >= 0.6 is 0 Å². The molecule has 3 aromatic carbocycles. The standard InChI is InChI=1S/C31H30N4O2/c1-31(20-34-18-17-32-23-34)21-36-30(37-22-31)29-33-27(25-13-7-3-8-14-25)28(26-15-9-4-10-16-26)35(29)19-24-11-5-2-6-12-24/h2-18,23,30H,19-22H2,1H3. The minimum absolute atomic E-state index is 0.154. The molecule has 0 bridgehead atoms. The van der Waals surface area contributed by atoms with Crippen molar-refractivity contribution in [2.24, 2.45) is 5.41 Å². The van der Waals surface area contributed by atoms with E-state index in [2.05, 4.69) is 93.8 Å². The molecule has 1 saturated heterocycles. The van der Waals surface area contributed by atoms with Crippen LogP contribution in [0.5, 0.6) is 0 Å². The SMILES string of the molecule is CC1(Cn2ccnc2)COC(c2nc(-c3ccccc3)c(-c3ccccc3)n2Cc2ccccc2)OC1. The average molecular weight is 491 g/mol. The smallest absolute Gasteiger partial charge is 0.217 e. The molecule has 5 aromatic rings. The molecule has 0 radical (unpaired) electrons. The van der Waals surface area contributed by atoms with Crippen molar-refractivity contribution >= 4 is 0 Å². The van der Waals surface area contributed by atoms with E-state index in [0.717, 1.165) is 34.9 Å². The number of rotatable bonds is 7. The Balaban J connectivity index is 1.42. The molecule has 0 N–H and O–H groups in total. The lowest BCUT2D eigenvalue weighted by Gasteiger charge is -2.37. The van der Waals surface area contributed by atoms with Crippen LogP contribution in [0.1, 0.15) is 24.6 Å². The van der Waals surface area contributed by atoms with Crippen LogP contribution in [0.4, 0.5) is 0 Å². The van der Waals surface area contributed by atoms with Crippen molar-refractivity contribution in [2.45, 2.75) is 26.3 Å². The quantitative estimate of drug-likeness (QED) is 0.272. The van der Waals surface area contributed by atoms with Gasteiger partial charge in [-0.2, -0.15) is 0 Å². The summed E-state index contributed by atoms with van der Waals surface area (Å²) in [6.45, 7) is 4.76. The largest absolute Gasteiger partial charge is 0.345 e. The molecule has 37 heavy (non-hydrogen) atoms. The molecule has 6 rings (SSSR count). The van der Waals surface area contributed by atoms with E-state index < -0.39 is 6.29 Å². The van der Waals surface area contributed by atoms with E-state index in [1.807, 2.05) is 30.7 Å². The highest BCUT2D eigenvalue weighted by Gasteiger charge is 2.37. The Morgan fingerprint density at radius 2 is 1.46 bits per heavy atom. The molecule has 186 valence electrons. The Morgan fingerprint density at radius 3 is 2.08 bits per heavy atom. The highest BCUT2D eigenvalue weighted by atomic mass is 16.7. The van der Waals surface area contributed by atoms with Crippen molar-refractivity contribution in [3.05, 3.63) is 121 Å². The molecule has 0 aliphatic carbocycles. The van der Waals surface area contributed by atoms with Crippen LogP contribution in [0.3, 0.4) is 0 Å². The summed E-state index contributed by atoms with van der Waals surface area (Å²) in [4.78, 5) is 9.37. The summed E-state index contributed by atoms with van der Waals surface area (Å²) in [5.74, 6) is 0.784. The third kappa shape index (κ3) is 4.99. The monoisotopic (exact) mass is 490 g/mol. The maximum atomic E-state index is 6.41. The Hall–Kier alpha value is -4.00. The van der Waals surface area contributed by atoms with Gasteiger partial charge in [0.15, 0.2) is 5.82 Å². The molecule has 6 heteroatoms. The minimum Gasteiger partial charge on any atom is -0.345 e. The van der Waals surface area contributed by atoms with Gasteiger partial charge in [0.2, 0.25) is 6.29 Å². The van der Waals surface area contributed by atoms with Gasteiger partial charge in [0.25, 0.3) is 0 Å². The maximum absolute atomic E-state index is 6.41. The van der Waals surface area contributed by atoms with E-state index >= 15 is 0 Å². The Kier molecular flexibility index (Phi) is 6.43. The third-order valence-corrected chi connectivity index (χ3v) is 6.78. The van der Waals surface area contributed by atoms with Crippen LogP contribution in [-0.4, -0.2) is 32.3 Å². The first-order chi connectivity index (χ1) is 18.2. The van der Waals surface area contributed by atoms with Gasteiger partial charge in [-0.05, 0) is 5.56 Å². The minimum atomic E-state index is -0.556. The van der Waals surface area contributed by atoms with Crippen molar-refractivity contribution in [3.8, 4) is 22.5 Å². The fourth-order valence-electron chi connectivity index (χ4n) is 4.97. The molecular formula is C31H30N4O2. The van der Waals surface area contributed by atoms with E-state index in [0.29, 0.717) is 19.8 Å². The summed E-state index contributed by atoms with van der Waals surface area (Å²) >= 11 is 0. The topological polar surface area (TPSA) is 54.1 Å². The molecule has 0 unspecified atom stereocenters. The lowest BCUT2D eigenvalue weighted by molar-refractivity contribution is -0.237. The first-order valence-electron chi connectivity index (χ1n) is 12.6. The summed E-state index contributed by atoms with van der Waals surface area (Å²) in [5, 5.41) is 0. The van der Waals surface area contributed by atoms with Crippen LogP contribution in [0, 0.1) is 5.41 Å². The molecule has 1 aliphatic rings. The van der Waals surface area contributed by atoms with Crippen molar-refractivity contribution in [2.75, 3.05) is 13.2 Å². The predicted molar refractivity (Wildman–Crippen MR) is 144 cm³/mol. The van der Waals surface area contributed by atoms with Gasteiger partial charge in [0.05, 0.1) is 30.9 Å². The summed E-state index contributed by atoms with van der Waals surface area (Å²) < 4.78 is 17.1. The molecule has 0 saturated carbocycles. The zero-order chi connectivity index (χ0) is 25.1. The van der Waals surface area contributed by atoms with Gasteiger partial charge in [0, 0.05) is 42.0 Å². The molecular weight excluding hydrogens is 460 g/mol. The van der Waals surface area contributed by atoms with Gasteiger partial charge in [-0.25, -0.2) is 9.97 Å². The van der Waals surface area contributed by atoms with E-state index in [-0.39, 0.29) is 5.41 Å². The van der Waals surface area contributed by atoms with Crippen LogP contribution < -0.4 is 0 Å². The summed E-state index contributed by atoms with van der Waals surface area (Å²) in [6.07, 6.45) is 5.05. The molecule has 6 nitrogen and oxygen atoms in total. The van der Waals surface area contributed by atoms with Crippen LogP contribution in [0.25, 0.3) is 22.5 Å². The highest BCUT2D eigenvalue weighted by Crippen LogP contribution is 2.39. The van der Waals surface area contributed by atoms with Crippen molar-refractivity contribution < 1.29 is 9.47 Å². The Morgan fingerprint density at radius 1 is 0.838 bits per heavy atom. The second kappa shape index (κ2) is 10.2. The molecule has 1 fully saturated rings. The van der Waals surface area contributed by atoms with Crippen LogP contribution in [-0.2, 0) is 22.6 Å². The molecule has 0 spiro atoms. The second-order valence-corrected chi connectivity index (χ2v) is 9.97. The molecule has 0 atom stereocenters. The first-order valence-corrected chi connectivity index (χ1v) is 12.6. The fraction of sp³-hybridized carbons (Fsp3) is 0.226. The zero-order valence-electron chi connectivity index (χ0n) is 20.9. The number of ether oxygens (including phenoxy) is 2. The number of aromatic nitrogens is 4. The van der Waals surface area contributed by atoms with Gasteiger partial charge in [-0.3, -0.25) is 0 Å². The van der Waals surface area contributed by atoms with Gasteiger partial charge in [0.1, 0.15) is 0 Å². The third-order valence-electron chi connectivity index (χ3n) is 6.78. The zero-order valence-corrected chi connectivity index (χ0v) is 20.9. The molecule has 1 aliphatic heterocycles. The average Bonchev–Trinajstić information content (AvgIpc) is 3.59. The van der Waals surface area contributed by atoms with Gasteiger partial charge < -0.3 is 18.6 Å². The number of imidazole rings is 2. The maximum Gasteiger partial charge on any atom is 0.217 e. The van der Waals surface area contributed by atoms with E-state index in [1.54, 1.807) is 6.20 Å². The Bertz CT molecular complexity index is 1420. The highest BCUT2D eigenvalue weighted by molar-refractivity contribution is 5.79. The Labute approximate surface area is 217 Å². The van der Waals surface area contributed by atoms with Crippen molar-refractivity contribution in [1.82, 2.24) is 19.1 Å². The van der Waals surface area contributed by atoms with E-state index in [1.165, 1.54) is 5.56 Å². The summed E-state index contributed by atoms with van der Waals surface area (Å²) in [5.41, 5.74) is 5.20. The molecule has 2 aromatic heterocycles. The fourth-order valence-corrected chi connectivity index (χ4v) is 4.97. The van der Waals surface area contributed by atoms with Gasteiger partial charge in [-0.15, -0.1) is 0 Å². The molecule has 0 amide bonds. The number of hydrogen-bond acceptors (Lipinski definition) is 4. The molecule has 3 heterocycles. The van der Waals surface area contributed by atoms with Crippen molar-refractivity contribution in [3.63, 3.8) is 0 Å². The van der Waals surface area contributed by atoms with Crippen LogP contribution in [0.2, 0.25) is 0 Å². The van der Waals surface area contributed by atoms with E-state index in [4.69, 9.17) is 14.5 Å².